The summed E-state index contributed by atoms with van der Waals surface area (Å²) in [6, 6.07) is 15.2. The molecule has 7 heteroatoms. The molecule has 2 aromatic carbocycles. The van der Waals surface area contributed by atoms with Crippen LogP contribution in [0.15, 0.2) is 67.4 Å². The zero-order chi connectivity index (χ0) is 19.5. The zero-order valence-electron chi connectivity index (χ0n) is 15.5. The molecule has 0 N–H and O–H groups in total. The van der Waals surface area contributed by atoms with E-state index < -0.39 is 0 Å². The van der Waals surface area contributed by atoms with Crippen LogP contribution in [0.25, 0.3) is 11.0 Å². The van der Waals surface area contributed by atoms with Crippen LogP contribution in [-0.4, -0.2) is 10.2 Å². The molecule has 0 aliphatic carbocycles. The van der Waals surface area contributed by atoms with Gasteiger partial charge in [0.05, 0.1) is 0 Å². The number of thioether (sulfide) groups is 1. The number of nitrogens with zero attached hydrogens (tertiary/aromatic N) is 2. The SMILES string of the molecule is Cc1cc(OCc2nnc(SCc3ccccc3)o2)cc2oc(=O)cc(C)c12. The van der Waals surface area contributed by atoms with E-state index in [0.29, 0.717) is 22.4 Å². The highest BCUT2D eigenvalue weighted by Gasteiger charge is 2.11. The van der Waals surface area contributed by atoms with Crippen LogP contribution in [0.2, 0.25) is 0 Å². The van der Waals surface area contributed by atoms with E-state index in [2.05, 4.69) is 22.3 Å². The molecule has 2 heterocycles. The van der Waals surface area contributed by atoms with Crippen LogP contribution in [-0.2, 0) is 12.4 Å². The van der Waals surface area contributed by atoms with E-state index >= 15 is 0 Å². The number of aromatic nitrogens is 2. The molecule has 0 bridgehead atoms. The first-order valence-corrected chi connectivity index (χ1v) is 9.74. The quantitative estimate of drug-likeness (QED) is 0.347. The van der Waals surface area contributed by atoms with Gasteiger partial charge in [-0.1, -0.05) is 42.1 Å². The third-order valence-corrected chi connectivity index (χ3v) is 5.12. The molecule has 0 unspecified atom stereocenters. The Hall–Kier alpha value is -3.06. The molecule has 142 valence electrons. The van der Waals surface area contributed by atoms with Crippen molar-refractivity contribution in [3.05, 3.63) is 81.5 Å². The van der Waals surface area contributed by atoms with Gasteiger partial charge >= 0.3 is 5.63 Å². The molecule has 4 rings (SSSR count). The van der Waals surface area contributed by atoms with Gasteiger partial charge in [-0.3, -0.25) is 0 Å². The highest BCUT2D eigenvalue weighted by molar-refractivity contribution is 7.98. The highest BCUT2D eigenvalue weighted by Crippen LogP contribution is 2.27. The van der Waals surface area contributed by atoms with Gasteiger partial charge < -0.3 is 13.6 Å². The molecule has 0 amide bonds. The number of ether oxygens (including phenoxy) is 1. The van der Waals surface area contributed by atoms with Crippen molar-refractivity contribution in [1.82, 2.24) is 10.2 Å². The van der Waals surface area contributed by atoms with E-state index in [1.165, 1.54) is 23.4 Å². The number of aryl methyl sites for hydroxylation is 2. The van der Waals surface area contributed by atoms with Gasteiger partial charge in [0.2, 0.25) is 0 Å². The third kappa shape index (κ3) is 4.09. The lowest BCUT2D eigenvalue weighted by Gasteiger charge is -2.08. The third-order valence-electron chi connectivity index (χ3n) is 4.23. The number of benzene rings is 2. The van der Waals surface area contributed by atoms with E-state index in [4.69, 9.17) is 13.6 Å². The molecular formula is C21H18N2O4S. The van der Waals surface area contributed by atoms with Crippen molar-refractivity contribution in [1.29, 1.82) is 0 Å². The van der Waals surface area contributed by atoms with Gasteiger partial charge in [0.1, 0.15) is 11.3 Å². The Bertz CT molecular complexity index is 1170. The summed E-state index contributed by atoms with van der Waals surface area (Å²) in [6.07, 6.45) is 0. The van der Waals surface area contributed by atoms with E-state index in [9.17, 15) is 4.79 Å². The summed E-state index contributed by atoms with van der Waals surface area (Å²) in [5.41, 5.74) is 3.17. The summed E-state index contributed by atoms with van der Waals surface area (Å²) in [7, 11) is 0. The van der Waals surface area contributed by atoms with Crippen molar-refractivity contribution in [3.8, 4) is 5.75 Å². The van der Waals surface area contributed by atoms with E-state index in [1.54, 1.807) is 6.07 Å². The highest BCUT2D eigenvalue weighted by atomic mass is 32.2. The Kier molecular flexibility index (Phi) is 5.16. The first kappa shape index (κ1) is 18.3. The van der Waals surface area contributed by atoms with Crippen molar-refractivity contribution in [2.45, 2.75) is 31.4 Å². The maximum atomic E-state index is 11.6. The molecule has 0 aliphatic heterocycles. The minimum atomic E-state index is -0.376. The number of fused-ring (bicyclic) bond motifs is 1. The van der Waals surface area contributed by atoms with Crippen molar-refractivity contribution in [2.24, 2.45) is 0 Å². The topological polar surface area (TPSA) is 78.4 Å². The first-order chi connectivity index (χ1) is 13.6. The van der Waals surface area contributed by atoms with Crippen LogP contribution in [0.3, 0.4) is 0 Å². The van der Waals surface area contributed by atoms with Crippen LogP contribution in [0.4, 0.5) is 0 Å². The molecule has 0 saturated heterocycles. The van der Waals surface area contributed by atoms with Crippen molar-refractivity contribution in [3.63, 3.8) is 0 Å². The summed E-state index contributed by atoms with van der Waals surface area (Å²) < 4.78 is 16.7. The summed E-state index contributed by atoms with van der Waals surface area (Å²) in [4.78, 5) is 11.6. The van der Waals surface area contributed by atoms with Crippen molar-refractivity contribution >= 4 is 22.7 Å². The van der Waals surface area contributed by atoms with Gasteiger partial charge in [-0.25, -0.2) is 4.79 Å². The number of hydrogen-bond donors (Lipinski definition) is 0. The average molecular weight is 394 g/mol. The fourth-order valence-electron chi connectivity index (χ4n) is 3.00. The summed E-state index contributed by atoms with van der Waals surface area (Å²) >= 11 is 1.48. The Morgan fingerprint density at radius 1 is 1.00 bits per heavy atom. The zero-order valence-corrected chi connectivity index (χ0v) is 16.3. The Balaban J connectivity index is 1.43. The molecule has 0 fully saturated rings. The molecule has 4 aromatic rings. The fraction of sp³-hybridized carbons (Fsp3) is 0.190. The van der Waals surface area contributed by atoms with Crippen LogP contribution in [0.1, 0.15) is 22.6 Å². The molecule has 0 spiro atoms. The molecule has 28 heavy (non-hydrogen) atoms. The number of rotatable bonds is 6. The van der Waals surface area contributed by atoms with Gasteiger partial charge in [0.25, 0.3) is 11.1 Å². The lowest BCUT2D eigenvalue weighted by molar-refractivity contribution is 0.252. The minimum Gasteiger partial charge on any atom is -0.484 e. The smallest absolute Gasteiger partial charge is 0.336 e. The molecule has 0 aliphatic rings. The Morgan fingerprint density at radius 3 is 2.61 bits per heavy atom. The second-order valence-electron chi connectivity index (χ2n) is 6.39. The molecule has 2 aromatic heterocycles. The van der Waals surface area contributed by atoms with Gasteiger partial charge in [-0.15, -0.1) is 10.2 Å². The van der Waals surface area contributed by atoms with Gasteiger partial charge in [0.15, 0.2) is 6.61 Å². The summed E-state index contributed by atoms with van der Waals surface area (Å²) in [5.74, 6) is 1.72. The molecule has 0 atom stereocenters. The fourth-order valence-corrected chi connectivity index (χ4v) is 3.73. The first-order valence-electron chi connectivity index (χ1n) is 8.75. The Morgan fingerprint density at radius 2 is 1.79 bits per heavy atom. The van der Waals surface area contributed by atoms with Crippen molar-refractivity contribution in [2.75, 3.05) is 0 Å². The molecule has 0 radical (unpaired) electrons. The monoisotopic (exact) mass is 394 g/mol. The number of hydrogen-bond acceptors (Lipinski definition) is 7. The molecule has 6 nitrogen and oxygen atoms in total. The molecule has 0 saturated carbocycles. The Labute approximate surface area is 165 Å². The van der Waals surface area contributed by atoms with E-state index in [0.717, 1.165) is 22.3 Å². The van der Waals surface area contributed by atoms with Crippen LogP contribution in [0.5, 0.6) is 5.75 Å². The molecular weight excluding hydrogens is 376 g/mol. The summed E-state index contributed by atoms with van der Waals surface area (Å²) in [5, 5.41) is 9.48. The second-order valence-corrected chi connectivity index (χ2v) is 7.31. The average Bonchev–Trinajstić information content (AvgIpc) is 3.12. The van der Waals surface area contributed by atoms with Crippen LogP contribution < -0.4 is 10.4 Å². The van der Waals surface area contributed by atoms with E-state index in [1.807, 2.05) is 38.1 Å². The maximum absolute atomic E-state index is 11.6. The maximum Gasteiger partial charge on any atom is 0.336 e. The van der Waals surface area contributed by atoms with Crippen LogP contribution in [0, 0.1) is 13.8 Å². The largest absolute Gasteiger partial charge is 0.484 e. The summed E-state index contributed by atoms with van der Waals surface area (Å²) in [6.45, 7) is 3.98. The van der Waals surface area contributed by atoms with Crippen LogP contribution >= 0.6 is 11.8 Å². The predicted molar refractivity (Wildman–Crippen MR) is 107 cm³/mol. The lowest BCUT2D eigenvalue weighted by atomic mass is 10.1. The standard InChI is InChI=1S/C21H18N2O4S/c1-13-8-16(10-17-20(13)14(2)9-19(24)26-17)25-11-18-22-23-21(27-18)28-12-15-6-4-3-5-7-15/h3-10H,11-12H2,1-2H3. The second kappa shape index (κ2) is 7.90. The minimum absolute atomic E-state index is 0.139. The van der Waals surface area contributed by atoms with Gasteiger partial charge in [0, 0.05) is 23.3 Å². The predicted octanol–water partition coefficient (Wildman–Crippen LogP) is 4.66. The van der Waals surface area contributed by atoms with Gasteiger partial charge in [-0.2, -0.15) is 0 Å². The van der Waals surface area contributed by atoms with Gasteiger partial charge in [-0.05, 0) is 36.6 Å². The van der Waals surface area contributed by atoms with E-state index in [-0.39, 0.29) is 12.2 Å². The normalized spacial score (nSPS) is 11.1. The lowest BCUT2D eigenvalue weighted by Crippen LogP contribution is -2.00. The van der Waals surface area contributed by atoms with Crippen molar-refractivity contribution < 1.29 is 13.6 Å².